The number of pyridine rings is 1. The van der Waals surface area contributed by atoms with Gasteiger partial charge in [-0.1, -0.05) is 43.2 Å². The molecular formula is C30H35N5O4. The van der Waals surface area contributed by atoms with Gasteiger partial charge < -0.3 is 24.3 Å². The van der Waals surface area contributed by atoms with E-state index in [0.717, 1.165) is 42.3 Å². The molecule has 0 aliphatic heterocycles. The highest BCUT2D eigenvalue weighted by molar-refractivity contribution is 5.95. The summed E-state index contributed by atoms with van der Waals surface area (Å²) in [6.45, 7) is 3.78. The number of amides is 1. The number of aliphatic hydroxyl groups is 1. The van der Waals surface area contributed by atoms with Crippen LogP contribution in [0.5, 0.6) is 5.75 Å². The van der Waals surface area contributed by atoms with Gasteiger partial charge in [0.2, 0.25) is 5.75 Å². The number of H-pyrrole nitrogens is 1. The van der Waals surface area contributed by atoms with Crippen molar-refractivity contribution in [3.8, 4) is 5.75 Å². The molecule has 9 nitrogen and oxygen atoms in total. The van der Waals surface area contributed by atoms with Gasteiger partial charge in [0.15, 0.2) is 5.69 Å². The van der Waals surface area contributed by atoms with Crippen molar-refractivity contribution in [2.45, 2.75) is 64.1 Å². The molecule has 3 aromatic heterocycles. The summed E-state index contributed by atoms with van der Waals surface area (Å²) in [5.41, 5.74) is 0.926. The van der Waals surface area contributed by atoms with Crippen LogP contribution < -0.4 is 10.3 Å². The molecule has 0 bridgehead atoms. The molecule has 1 aliphatic carbocycles. The molecule has 204 valence electrons. The Balaban J connectivity index is 1.55. The molecule has 0 radical (unpaired) electrons. The van der Waals surface area contributed by atoms with E-state index in [0.29, 0.717) is 12.2 Å². The summed E-state index contributed by atoms with van der Waals surface area (Å²) in [6, 6.07) is 15.3. The molecule has 39 heavy (non-hydrogen) atoms. The Morgan fingerprint density at radius 2 is 1.92 bits per heavy atom. The lowest BCUT2D eigenvalue weighted by atomic mass is 9.92. The van der Waals surface area contributed by atoms with Crippen LogP contribution in [0, 0.1) is 0 Å². The second-order valence-corrected chi connectivity index (χ2v) is 10.5. The number of carbonyl (C=O) groups is 1. The lowest BCUT2D eigenvalue weighted by molar-refractivity contribution is 0.0652. The number of nitrogens with one attached hydrogen (secondary N) is 1. The fraction of sp³-hybridized carbons (Fsp3) is 0.400. The number of ether oxygens (including phenoxy) is 1. The largest absolute Gasteiger partial charge is 0.481 e. The molecule has 1 fully saturated rings. The van der Waals surface area contributed by atoms with Crippen molar-refractivity contribution >= 4 is 16.9 Å². The van der Waals surface area contributed by atoms with Gasteiger partial charge in [-0.3, -0.25) is 9.59 Å². The van der Waals surface area contributed by atoms with Crippen LogP contribution in [0.1, 0.15) is 61.4 Å². The fourth-order valence-electron chi connectivity index (χ4n) is 5.64. The van der Waals surface area contributed by atoms with E-state index < -0.39 is 11.5 Å². The van der Waals surface area contributed by atoms with Gasteiger partial charge in [-0.25, -0.2) is 9.97 Å². The quantitative estimate of drug-likeness (QED) is 0.320. The SMILES string of the molecule is CC(C)N(CCO)C(=O)c1nc(CC2(n3ccc4cccnc43)CCCC2)[nH]c(=O)c1OCc1ccccc1. The molecule has 1 saturated carbocycles. The van der Waals surface area contributed by atoms with Gasteiger partial charge in [-0.05, 0) is 50.5 Å². The first kappa shape index (κ1) is 26.6. The van der Waals surface area contributed by atoms with Crippen LogP contribution >= 0.6 is 0 Å². The minimum atomic E-state index is -0.490. The average molecular weight is 530 g/mol. The average Bonchev–Trinajstić information content (AvgIpc) is 3.59. The summed E-state index contributed by atoms with van der Waals surface area (Å²) in [7, 11) is 0. The zero-order valence-electron chi connectivity index (χ0n) is 22.5. The number of hydrogen-bond acceptors (Lipinski definition) is 6. The first-order chi connectivity index (χ1) is 18.9. The van der Waals surface area contributed by atoms with Gasteiger partial charge in [-0.2, -0.15) is 0 Å². The molecule has 0 spiro atoms. The van der Waals surface area contributed by atoms with Crippen molar-refractivity contribution < 1.29 is 14.6 Å². The number of rotatable bonds is 10. The summed E-state index contributed by atoms with van der Waals surface area (Å²) in [5, 5.41) is 10.7. The second-order valence-electron chi connectivity index (χ2n) is 10.5. The summed E-state index contributed by atoms with van der Waals surface area (Å²) >= 11 is 0. The third kappa shape index (κ3) is 5.45. The van der Waals surface area contributed by atoms with E-state index in [4.69, 9.17) is 9.72 Å². The number of nitrogens with zero attached hydrogens (tertiary/aromatic N) is 4. The van der Waals surface area contributed by atoms with Gasteiger partial charge in [0.1, 0.15) is 18.1 Å². The van der Waals surface area contributed by atoms with E-state index in [-0.39, 0.29) is 42.8 Å². The number of carbonyl (C=O) groups excluding carboxylic acids is 1. The highest BCUT2D eigenvalue weighted by atomic mass is 16.5. The zero-order valence-corrected chi connectivity index (χ0v) is 22.5. The monoisotopic (exact) mass is 529 g/mol. The molecule has 0 saturated heterocycles. The number of aliphatic hydroxyl groups excluding tert-OH is 1. The van der Waals surface area contributed by atoms with Gasteiger partial charge >= 0.3 is 0 Å². The predicted molar refractivity (Wildman–Crippen MR) is 149 cm³/mol. The van der Waals surface area contributed by atoms with E-state index in [2.05, 4.69) is 26.8 Å². The lowest BCUT2D eigenvalue weighted by Gasteiger charge is -2.32. The first-order valence-corrected chi connectivity index (χ1v) is 13.6. The minimum Gasteiger partial charge on any atom is -0.481 e. The third-order valence-electron chi connectivity index (χ3n) is 7.57. The second kappa shape index (κ2) is 11.4. The minimum absolute atomic E-state index is 0.0320. The Morgan fingerprint density at radius 3 is 2.64 bits per heavy atom. The molecule has 0 atom stereocenters. The highest BCUT2D eigenvalue weighted by Crippen LogP contribution is 2.41. The van der Waals surface area contributed by atoms with Crippen LogP contribution in [-0.2, 0) is 18.6 Å². The maximum atomic E-state index is 13.7. The van der Waals surface area contributed by atoms with Gasteiger partial charge in [0, 0.05) is 36.8 Å². The standard InChI is InChI=1S/C30H35N5O4/c1-21(2)34(17-18-36)29(38)25-26(39-20-22-9-4-3-5-10-22)28(37)33-24(32-25)19-30(13-6-7-14-30)35-16-12-23-11-8-15-31-27(23)35/h3-5,8-12,15-16,21,36H,6-7,13-14,17-20H2,1-2H3,(H,32,33,37). The topological polar surface area (TPSA) is 113 Å². The molecule has 4 aromatic rings. The molecular weight excluding hydrogens is 494 g/mol. The van der Waals surface area contributed by atoms with Crippen LogP contribution in [-0.4, -0.2) is 54.6 Å². The van der Waals surface area contributed by atoms with E-state index in [1.54, 1.807) is 6.20 Å². The first-order valence-electron chi connectivity index (χ1n) is 13.6. The summed E-state index contributed by atoms with van der Waals surface area (Å²) in [6.07, 6.45) is 8.23. The smallest absolute Gasteiger partial charge is 0.294 e. The summed E-state index contributed by atoms with van der Waals surface area (Å²) in [5.74, 6) is -0.115. The van der Waals surface area contributed by atoms with Crippen LogP contribution in [0.2, 0.25) is 0 Å². The zero-order chi connectivity index (χ0) is 27.4. The molecule has 9 heteroatoms. The van der Waals surface area contributed by atoms with Crippen LogP contribution in [0.4, 0.5) is 0 Å². The lowest BCUT2D eigenvalue weighted by Crippen LogP contribution is -2.41. The maximum Gasteiger partial charge on any atom is 0.294 e. The van der Waals surface area contributed by atoms with Crippen molar-refractivity contribution in [3.05, 3.63) is 88.4 Å². The van der Waals surface area contributed by atoms with Gasteiger partial charge in [-0.15, -0.1) is 0 Å². The van der Waals surface area contributed by atoms with E-state index in [1.807, 2.05) is 56.3 Å². The van der Waals surface area contributed by atoms with Crippen molar-refractivity contribution in [1.82, 2.24) is 24.4 Å². The Labute approximate surface area is 227 Å². The van der Waals surface area contributed by atoms with E-state index >= 15 is 0 Å². The Hall–Kier alpha value is -3.98. The van der Waals surface area contributed by atoms with Crippen molar-refractivity contribution in [1.29, 1.82) is 0 Å². The Bertz CT molecular complexity index is 1490. The maximum absolute atomic E-state index is 13.7. The number of benzene rings is 1. The molecule has 1 aromatic carbocycles. The number of aromatic nitrogens is 4. The fourth-order valence-corrected chi connectivity index (χ4v) is 5.64. The summed E-state index contributed by atoms with van der Waals surface area (Å²) in [4.78, 5) is 41.0. The van der Waals surface area contributed by atoms with E-state index in [9.17, 15) is 14.7 Å². The number of fused-ring (bicyclic) bond motifs is 1. The highest BCUT2D eigenvalue weighted by Gasteiger charge is 2.38. The van der Waals surface area contributed by atoms with Crippen LogP contribution in [0.25, 0.3) is 11.0 Å². The predicted octanol–water partition coefficient (Wildman–Crippen LogP) is 4.05. The Morgan fingerprint density at radius 1 is 1.15 bits per heavy atom. The molecule has 0 unspecified atom stereocenters. The van der Waals surface area contributed by atoms with Crippen LogP contribution in [0.3, 0.4) is 0 Å². The summed E-state index contributed by atoms with van der Waals surface area (Å²) < 4.78 is 8.14. The van der Waals surface area contributed by atoms with Gasteiger partial charge in [0.05, 0.1) is 12.1 Å². The third-order valence-corrected chi connectivity index (χ3v) is 7.57. The molecule has 2 N–H and O–H groups in total. The molecule has 3 heterocycles. The van der Waals surface area contributed by atoms with Crippen molar-refractivity contribution in [2.75, 3.05) is 13.2 Å². The van der Waals surface area contributed by atoms with Gasteiger partial charge in [0.25, 0.3) is 11.5 Å². The number of hydrogen-bond donors (Lipinski definition) is 2. The Kier molecular flexibility index (Phi) is 7.79. The van der Waals surface area contributed by atoms with Crippen molar-refractivity contribution in [2.24, 2.45) is 0 Å². The van der Waals surface area contributed by atoms with Crippen molar-refractivity contribution in [3.63, 3.8) is 0 Å². The number of aromatic amines is 1. The molecule has 1 aliphatic rings. The van der Waals surface area contributed by atoms with Crippen LogP contribution in [0.15, 0.2) is 65.7 Å². The van der Waals surface area contributed by atoms with E-state index in [1.165, 1.54) is 4.90 Å². The molecule has 1 amide bonds. The normalized spacial score (nSPS) is 14.7. The molecule has 5 rings (SSSR count).